The van der Waals surface area contributed by atoms with Gasteiger partial charge in [-0.3, -0.25) is 10.2 Å². The molecule has 0 atom stereocenters. The molecule has 2 aromatic carbocycles. The number of rotatable bonds is 2. The Balaban J connectivity index is 1.88. The third-order valence-corrected chi connectivity index (χ3v) is 4.07. The predicted octanol–water partition coefficient (Wildman–Crippen LogP) is 4.49. The minimum Gasteiger partial charge on any atom is -0.277 e. The van der Waals surface area contributed by atoms with Crippen molar-refractivity contribution in [2.45, 2.75) is 6.42 Å². The first-order valence-corrected chi connectivity index (χ1v) is 7.93. The third-order valence-electron chi connectivity index (χ3n) is 3.27. The van der Waals surface area contributed by atoms with Crippen molar-refractivity contribution in [2.75, 3.05) is 5.01 Å². The summed E-state index contributed by atoms with van der Waals surface area (Å²) in [5.74, 6) is 0.209. The van der Waals surface area contributed by atoms with Crippen molar-refractivity contribution < 1.29 is 4.79 Å². The van der Waals surface area contributed by atoms with Crippen molar-refractivity contribution in [2.24, 2.45) is 4.99 Å². The van der Waals surface area contributed by atoms with Crippen molar-refractivity contribution in [3.63, 3.8) is 0 Å². The first-order valence-electron chi connectivity index (χ1n) is 6.80. The van der Waals surface area contributed by atoms with Gasteiger partial charge in [-0.2, -0.15) is 5.26 Å². The van der Waals surface area contributed by atoms with Crippen LogP contribution in [0.3, 0.4) is 0 Å². The fraction of sp³-hybridized carbons (Fsp3) is 0.0625. The minimum absolute atomic E-state index is 0.0787. The summed E-state index contributed by atoms with van der Waals surface area (Å²) in [7, 11) is 0. The Bertz CT molecular complexity index is 864. The molecule has 8 heteroatoms. The van der Waals surface area contributed by atoms with Crippen molar-refractivity contribution >= 4 is 57.9 Å². The smallest absolute Gasteiger partial charge is 0.253 e. The average Bonchev–Trinajstić information content (AvgIpc) is 2.87. The van der Waals surface area contributed by atoms with Crippen LogP contribution in [0.1, 0.15) is 12.0 Å². The number of benzene rings is 2. The van der Waals surface area contributed by atoms with E-state index >= 15 is 0 Å². The number of nitrogens with one attached hydrogen (secondary N) is 1. The molecule has 1 aliphatic heterocycles. The number of carbonyl (C=O) groups is 1. The van der Waals surface area contributed by atoms with Crippen molar-refractivity contribution in [3.8, 4) is 6.07 Å². The van der Waals surface area contributed by atoms with Crippen LogP contribution in [0.25, 0.3) is 0 Å². The summed E-state index contributed by atoms with van der Waals surface area (Å²) < 4.78 is 0. The van der Waals surface area contributed by atoms with Gasteiger partial charge in [0.25, 0.3) is 5.91 Å². The molecule has 0 aliphatic carbocycles. The molecule has 2 aromatic rings. The Hall–Kier alpha value is -2.26. The van der Waals surface area contributed by atoms with Crippen molar-refractivity contribution in [1.82, 2.24) is 5.43 Å². The molecular formula is C16H9Cl3N4O. The maximum atomic E-state index is 12.3. The summed E-state index contributed by atoms with van der Waals surface area (Å²) in [5, 5.41) is 10.9. The van der Waals surface area contributed by atoms with Gasteiger partial charge in [-0.1, -0.05) is 34.8 Å². The predicted molar refractivity (Wildman–Crippen MR) is 95.0 cm³/mol. The second-order valence-corrected chi connectivity index (χ2v) is 6.20. The number of amides is 1. The van der Waals surface area contributed by atoms with E-state index in [1.165, 1.54) is 17.1 Å². The Morgan fingerprint density at radius 3 is 2.33 bits per heavy atom. The van der Waals surface area contributed by atoms with Gasteiger partial charge in [-0.25, -0.2) is 10.0 Å². The van der Waals surface area contributed by atoms with Crippen LogP contribution >= 0.6 is 34.8 Å². The first-order chi connectivity index (χ1) is 11.5. The van der Waals surface area contributed by atoms with Crippen LogP contribution in [0.2, 0.25) is 15.1 Å². The molecule has 1 aliphatic rings. The quantitative estimate of drug-likeness (QED) is 0.836. The van der Waals surface area contributed by atoms with Crippen molar-refractivity contribution in [3.05, 3.63) is 57.0 Å². The van der Waals surface area contributed by atoms with E-state index in [9.17, 15) is 4.79 Å². The summed E-state index contributed by atoms with van der Waals surface area (Å²) in [5.41, 5.74) is 4.39. The maximum Gasteiger partial charge on any atom is 0.253 e. The largest absolute Gasteiger partial charge is 0.277 e. The third kappa shape index (κ3) is 3.31. The molecule has 0 radical (unpaired) electrons. The van der Waals surface area contributed by atoms with Crippen LogP contribution < -0.4 is 10.4 Å². The standard InChI is InChI=1S/C16H9Cl3N4O/c17-10-5-12(18)16(13(19)6-10)23-15(24)7-14(22-23)21-11-3-1-9(8-20)2-4-11/h1-6H,7H2,(H,21,22). The second-order valence-electron chi connectivity index (χ2n) is 4.95. The lowest BCUT2D eigenvalue weighted by atomic mass is 10.2. The lowest BCUT2D eigenvalue weighted by Crippen LogP contribution is -2.36. The number of carbonyl (C=O) groups excluding carboxylic acids is 1. The molecule has 0 aromatic heterocycles. The lowest BCUT2D eigenvalue weighted by molar-refractivity contribution is -0.116. The van der Waals surface area contributed by atoms with Gasteiger partial charge in [0.1, 0.15) is 11.5 Å². The molecule has 120 valence electrons. The highest BCUT2D eigenvalue weighted by atomic mass is 35.5. The second kappa shape index (κ2) is 6.70. The Labute approximate surface area is 153 Å². The highest BCUT2D eigenvalue weighted by Crippen LogP contribution is 2.37. The summed E-state index contributed by atoms with van der Waals surface area (Å²) in [6.45, 7) is 0. The summed E-state index contributed by atoms with van der Waals surface area (Å²) in [6.07, 6.45) is 0.0787. The van der Waals surface area contributed by atoms with E-state index in [4.69, 9.17) is 40.1 Å². The SMILES string of the molecule is N#Cc1ccc(N=C2CC(=O)N(c3c(Cl)cc(Cl)cc3Cl)N2)cc1. The van der Waals surface area contributed by atoms with Gasteiger partial charge < -0.3 is 0 Å². The first kappa shape index (κ1) is 16.6. The fourth-order valence-electron chi connectivity index (χ4n) is 2.21. The van der Waals surface area contributed by atoms with Crippen LogP contribution in [0, 0.1) is 11.3 Å². The van der Waals surface area contributed by atoms with E-state index in [2.05, 4.69) is 10.4 Å². The summed E-state index contributed by atoms with van der Waals surface area (Å²) in [4.78, 5) is 16.6. The molecule has 1 heterocycles. The van der Waals surface area contributed by atoms with E-state index in [-0.39, 0.29) is 22.4 Å². The monoisotopic (exact) mass is 378 g/mol. The van der Waals surface area contributed by atoms with Gasteiger partial charge in [0, 0.05) is 5.02 Å². The molecule has 3 rings (SSSR count). The fourth-order valence-corrected chi connectivity index (χ4v) is 3.20. The Morgan fingerprint density at radius 2 is 1.75 bits per heavy atom. The molecule has 1 N–H and O–H groups in total. The number of amidine groups is 1. The molecule has 0 bridgehead atoms. The topological polar surface area (TPSA) is 68.5 Å². The van der Waals surface area contributed by atoms with E-state index in [0.717, 1.165) is 0 Å². The molecule has 1 saturated heterocycles. The minimum atomic E-state index is -0.242. The average molecular weight is 380 g/mol. The van der Waals surface area contributed by atoms with E-state index in [1.807, 2.05) is 6.07 Å². The number of aliphatic imine (C=N–C) groups is 1. The van der Waals surface area contributed by atoms with Gasteiger partial charge in [0.15, 0.2) is 0 Å². The highest BCUT2D eigenvalue weighted by Gasteiger charge is 2.30. The summed E-state index contributed by atoms with van der Waals surface area (Å²) >= 11 is 18.2. The number of nitrogens with zero attached hydrogens (tertiary/aromatic N) is 3. The zero-order valence-electron chi connectivity index (χ0n) is 12.1. The van der Waals surface area contributed by atoms with Crippen LogP contribution in [0.15, 0.2) is 41.4 Å². The van der Waals surface area contributed by atoms with Gasteiger partial charge in [0.05, 0.1) is 33.8 Å². The van der Waals surface area contributed by atoms with Crippen LogP contribution in [-0.2, 0) is 4.79 Å². The van der Waals surface area contributed by atoms with Gasteiger partial charge >= 0.3 is 0 Å². The van der Waals surface area contributed by atoms with Crippen LogP contribution in [-0.4, -0.2) is 11.7 Å². The molecule has 0 spiro atoms. The zero-order chi connectivity index (χ0) is 17.3. The molecule has 24 heavy (non-hydrogen) atoms. The summed E-state index contributed by atoms with van der Waals surface area (Å²) in [6, 6.07) is 11.8. The van der Waals surface area contributed by atoms with E-state index in [0.29, 0.717) is 27.8 Å². The number of hydrazine groups is 1. The molecular weight excluding hydrogens is 371 g/mol. The Kier molecular flexibility index (Phi) is 4.63. The van der Waals surface area contributed by atoms with E-state index in [1.54, 1.807) is 24.3 Å². The lowest BCUT2D eigenvalue weighted by Gasteiger charge is -2.19. The zero-order valence-corrected chi connectivity index (χ0v) is 14.3. The highest BCUT2D eigenvalue weighted by molar-refractivity contribution is 6.42. The van der Waals surface area contributed by atoms with Gasteiger partial charge in [0.2, 0.25) is 0 Å². The van der Waals surface area contributed by atoms with E-state index < -0.39 is 0 Å². The number of halogens is 3. The number of anilines is 1. The molecule has 1 fully saturated rings. The number of hydrogen-bond acceptors (Lipinski definition) is 3. The van der Waals surface area contributed by atoms with Crippen LogP contribution in [0.4, 0.5) is 11.4 Å². The Morgan fingerprint density at radius 1 is 1.12 bits per heavy atom. The van der Waals surface area contributed by atoms with Crippen LogP contribution in [0.5, 0.6) is 0 Å². The van der Waals surface area contributed by atoms with Gasteiger partial charge in [-0.15, -0.1) is 0 Å². The normalized spacial score (nSPS) is 15.5. The molecule has 0 saturated carbocycles. The molecule has 1 amide bonds. The molecule has 0 unspecified atom stereocenters. The number of nitriles is 1. The van der Waals surface area contributed by atoms with Crippen molar-refractivity contribution in [1.29, 1.82) is 5.26 Å². The maximum absolute atomic E-state index is 12.3. The molecule has 5 nitrogen and oxygen atoms in total. The number of hydrogen-bond donors (Lipinski definition) is 1. The van der Waals surface area contributed by atoms with Gasteiger partial charge in [-0.05, 0) is 36.4 Å².